The van der Waals surface area contributed by atoms with Crippen LogP contribution >= 0.6 is 22.9 Å². The van der Waals surface area contributed by atoms with Crippen molar-refractivity contribution < 1.29 is 32.9 Å². The molecule has 3 N–H and O–H groups in total. The molecule has 2 heterocycles. The van der Waals surface area contributed by atoms with E-state index in [0.717, 1.165) is 18.2 Å². The molecule has 0 radical (unpaired) electrons. The van der Waals surface area contributed by atoms with Crippen LogP contribution in [0.15, 0.2) is 23.8 Å². The normalized spacial score (nSPS) is 17.1. The molecule has 1 aromatic carbocycles. The summed E-state index contributed by atoms with van der Waals surface area (Å²) in [6.07, 6.45) is -1.91. The average Bonchev–Trinajstić information content (AvgIpc) is 2.95. The van der Waals surface area contributed by atoms with E-state index in [4.69, 9.17) is 16.3 Å². The van der Waals surface area contributed by atoms with E-state index < -0.39 is 39.7 Å². The van der Waals surface area contributed by atoms with Crippen molar-refractivity contribution in [3.8, 4) is 5.75 Å². The summed E-state index contributed by atoms with van der Waals surface area (Å²) in [5, 5.41) is 23.6. The predicted octanol–water partition coefficient (Wildman–Crippen LogP) is 2.58. The van der Waals surface area contributed by atoms with Crippen LogP contribution in [0.5, 0.6) is 5.75 Å². The van der Waals surface area contributed by atoms with E-state index in [1.807, 2.05) is 0 Å². The second kappa shape index (κ2) is 6.17. The van der Waals surface area contributed by atoms with E-state index >= 15 is 0 Å². The van der Waals surface area contributed by atoms with Crippen LogP contribution in [0.25, 0.3) is 5.76 Å². The molecule has 132 valence electrons. The lowest BCUT2D eigenvalue weighted by molar-refractivity contribution is -0.116. The number of amides is 1. The van der Waals surface area contributed by atoms with Crippen molar-refractivity contribution in [2.24, 2.45) is 0 Å². The Bertz CT molecular complexity index is 884. The molecule has 7 nitrogen and oxygen atoms in total. The van der Waals surface area contributed by atoms with E-state index in [9.17, 15) is 28.2 Å². The third-order valence-electron chi connectivity index (χ3n) is 3.07. The number of halogens is 4. The largest absolute Gasteiger partial charge is 0.506 e. The molecule has 25 heavy (non-hydrogen) atoms. The minimum atomic E-state index is -3.75. The number of carbonyl (C=O) groups excluding carboxylic acids is 1. The number of benzene rings is 1. The first-order chi connectivity index (χ1) is 11.7. The fourth-order valence-electron chi connectivity index (χ4n) is 2.00. The van der Waals surface area contributed by atoms with Gasteiger partial charge in [-0.2, -0.15) is 8.78 Å². The molecular weight excluding hydrogens is 387 g/mol. The van der Waals surface area contributed by atoms with Gasteiger partial charge in [-0.3, -0.25) is 10.1 Å². The third kappa shape index (κ3) is 3.38. The van der Waals surface area contributed by atoms with Gasteiger partial charge in [0.05, 0.1) is 5.56 Å². The lowest BCUT2D eigenvalue weighted by atomic mass is 10.0. The molecule has 0 fully saturated rings. The Morgan fingerprint density at radius 2 is 2.12 bits per heavy atom. The fraction of sp³-hybridized carbons (Fsp3) is 0.154. The van der Waals surface area contributed by atoms with E-state index in [1.165, 1.54) is 0 Å². The number of carbonyl (C=O) groups is 1. The number of ether oxygens (including phenoxy) is 1. The summed E-state index contributed by atoms with van der Waals surface area (Å²) < 4.78 is 43.9. The van der Waals surface area contributed by atoms with Gasteiger partial charge < -0.3 is 14.9 Å². The Balaban J connectivity index is 1.89. The number of anilines is 1. The molecule has 2 aromatic rings. The molecule has 0 saturated heterocycles. The first-order valence-corrected chi connectivity index (χ1v) is 7.66. The van der Waals surface area contributed by atoms with Crippen molar-refractivity contribution >= 4 is 39.7 Å². The predicted molar refractivity (Wildman–Crippen MR) is 80.9 cm³/mol. The summed E-state index contributed by atoms with van der Waals surface area (Å²) in [4.78, 5) is 12.2. The molecule has 1 aliphatic heterocycles. The van der Waals surface area contributed by atoms with E-state index in [0.29, 0.717) is 11.3 Å². The number of aliphatic hydroxyl groups excluding tert-OH is 2. The molecule has 1 aliphatic rings. The molecule has 3 rings (SSSR count). The molecule has 1 aromatic heterocycles. The van der Waals surface area contributed by atoms with Gasteiger partial charge >= 0.3 is 5.38 Å². The zero-order chi connectivity index (χ0) is 18.4. The number of fused-ring (bicyclic) bond motifs is 1. The molecule has 0 bridgehead atoms. The van der Waals surface area contributed by atoms with E-state index in [-0.39, 0.29) is 16.4 Å². The van der Waals surface area contributed by atoms with Gasteiger partial charge in [-0.15, -0.1) is 10.2 Å². The maximum atomic E-state index is 13.2. The average molecular weight is 394 g/mol. The summed E-state index contributed by atoms with van der Waals surface area (Å²) in [7, 11) is 0. The number of aromatic nitrogens is 2. The smallest absolute Gasteiger partial charge is 0.375 e. The molecule has 0 aliphatic carbocycles. The summed E-state index contributed by atoms with van der Waals surface area (Å²) in [5.41, 5.74) is -0.629. The minimum absolute atomic E-state index is 0.0258. The summed E-state index contributed by atoms with van der Waals surface area (Å²) in [6, 6.07) is 3.09. The van der Waals surface area contributed by atoms with Gasteiger partial charge in [0.2, 0.25) is 16.4 Å². The zero-order valence-electron chi connectivity index (χ0n) is 11.8. The molecule has 0 spiro atoms. The van der Waals surface area contributed by atoms with Crippen molar-refractivity contribution in [1.82, 2.24) is 10.2 Å². The zero-order valence-corrected chi connectivity index (χ0v) is 13.4. The fourth-order valence-corrected chi connectivity index (χ4v) is 2.76. The van der Waals surface area contributed by atoms with E-state index in [1.54, 1.807) is 0 Å². The van der Waals surface area contributed by atoms with Crippen LogP contribution in [0, 0.1) is 5.82 Å². The Morgan fingerprint density at radius 1 is 1.40 bits per heavy atom. The summed E-state index contributed by atoms with van der Waals surface area (Å²) in [6.45, 7) is 0. The van der Waals surface area contributed by atoms with E-state index in [2.05, 4.69) is 15.5 Å². The molecule has 0 saturated carbocycles. The Kier molecular flexibility index (Phi) is 4.31. The second-order valence-electron chi connectivity index (χ2n) is 4.74. The number of hydrogen-bond acceptors (Lipinski definition) is 7. The van der Waals surface area contributed by atoms with Gasteiger partial charge in [0.1, 0.15) is 22.9 Å². The molecule has 1 unspecified atom stereocenters. The maximum Gasteiger partial charge on any atom is 0.375 e. The number of hydrogen-bond donors (Lipinski definition) is 3. The molecule has 1 amide bonds. The molecule has 12 heteroatoms. The van der Waals surface area contributed by atoms with Crippen LogP contribution in [-0.2, 0) is 10.2 Å². The number of nitrogens with one attached hydrogen (secondary N) is 1. The lowest BCUT2D eigenvalue weighted by Gasteiger charge is -2.24. The van der Waals surface area contributed by atoms with Crippen LogP contribution in [0.1, 0.15) is 10.6 Å². The second-order valence-corrected chi connectivity index (χ2v) is 6.19. The van der Waals surface area contributed by atoms with Gasteiger partial charge in [0.25, 0.3) is 5.91 Å². The van der Waals surface area contributed by atoms with Gasteiger partial charge in [0.15, 0.2) is 0 Å². The van der Waals surface area contributed by atoms with Crippen molar-refractivity contribution in [2.75, 3.05) is 5.32 Å². The number of rotatable bonds is 3. The van der Waals surface area contributed by atoms with Crippen molar-refractivity contribution in [2.45, 2.75) is 11.7 Å². The van der Waals surface area contributed by atoms with Gasteiger partial charge in [-0.25, -0.2) is 4.39 Å². The molecular formula is C13H7ClF3N3O4S. The van der Waals surface area contributed by atoms with Crippen LogP contribution < -0.4 is 10.1 Å². The summed E-state index contributed by atoms with van der Waals surface area (Å²) in [5.74, 6) is -2.56. The lowest BCUT2D eigenvalue weighted by Crippen LogP contribution is -2.32. The van der Waals surface area contributed by atoms with Gasteiger partial charge in [0, 0.05) is 6.07 Å². The minimum Gasteiger partial charge on any atom is -0.506 e. The number of alkyl halides is 3. The van der Waals surface area contributed by atoms with Gasteiger partial charge in [-0.05, 0) is 23.7 Å². The van der Waals surface area contributed by atoms with Crippen LogP contribution in [-0.4, -0.2) is 32.6 Å². The highest BCUT2D eigenvalue weighted by Crippen LogP contribution is 2.37. The van der Waals surface area contributed by atoms with Gasteiger partial charge in [-0.1, -0.05) is 11.3 Å². The van der Waals surface area contributed by atoms with Crippen molar-refractivity contribution in [1.29, 1.82) is 0 Å². The van der Waals surface area contributed by atoms with Crippen molar-refractivity contribution in [3.05, 3.63) is 40.2 Å². The standard InChI is InChI=1S/C13H7ClF3N3O4S/c14-13(16,17)11-19-20-12(25-11)18-9(22)7-8(21)5-2-1-4(15)3-6(5)24-10(7)23/h1-3,10,21,23H,(H,18,20,22). The van der Waals surface area contributed by atoms with Crippen molar-refractivity contribution in [3.63, 3.8) is 0 Å². The van der Waals surface area contributed by atoms with Crippen LogP contribution in [0.2, 0.25) is 0 Å². The van der Waals surface area contributed by atoms with Crippen LogP contribution in [0.3, 0.4) is 0 Å². The first kappa shape index (κ1) is 17.5. The SMILES string of the molecule is O=C(Nc1nnc(C(F)(F)Cl)s1)C1=C(O)c2ccc(F)cc2OC1O. The Hall–Kier alpha value is -2.37. The highest BCUT2D eigenvalue weighted by molar-refractivity contribution is 7.15. The maximum absolute atomic E-state index is 13.2. The highest BCUT2D eigenvalue weighted by Gasteiger charge is 2.35. The molecule has 1 atom stereocenters. The summed E-state index contributed by atoms with van der Waals surface area (Å²) >= 11 is 5.10. The number of nitrogens with zero attached hydrogens (tertiary/aromatic N) is 2. The number of aliphatic hydroxyl groups is 2. The Morgan fingerprint density at radius 3 is 2.76 bits per heavy atom. The highest BCUT2D eigenvalue weighted by atomic mass is 35.5. The monoisotopic (exact) mass is 393 g/mol. The first-order valence-electron chi connectivity index (χ1n) is 6.46. The Labute approximate surface area is 146 Å². The topological polar surface area (TPSA) is 105 Å². The van der Waals surface area contributed by atoms with Crippen LogP contribution in [0.4, 0.5) is 18.3 Å². The quantitative estimate of drug-likeness (QED) is 0.692. The third-order valence-corrected chi connectivity index (χ3v) is 4.27.